The van der Waals surface area contributed by atoms with Crippen molar-refractivity contribution in [3.63, 3.8) is 0 Å². The Morgan fingerprint density at radius 3 is 2.71 bits per heavy atom. The zero-order valence-electron chi connectivity index (χ0n) is 15.9. The number of imidazole rings is 1. The van der Waals surface area contributed by atoms with Crippen LogP contribution in [0.25, 0.3) is 11.0 Å². The van der Waals surface area contributed by atoms with Gasteiger partial charge in [0, 0.05) is 17.7 Å². The van der Waals surface area contributed by atoms with E-state index >= 15 is 0 Å². The number of likely N-dealkylation sites (tertiary alicyclic amines) is 1. The van der Waals surface area contributed by atoms with Gasteiger partial charge in [-0.05, 0) is 37.6 Å². The first-order valence-corrected chi connectivity index (χ1v) is 9.32. The molecule has 7 heteroatoms. The van der Waals surface area contributed by atoms with E-state index in [1.165, 1.54) is 0 Å². The molecule has 1 saturated heterocycles. The lowest BCUT2D eigenvalue weighted by molar-refractivity contribution is 0.0678. The Labute approximate surface area is 162 Å². The minimum Gasteiger partial charge on any atom is -0.497 e. The number of alkyl halides is 2. The third-order valence-electron chi connectivity index (χ3n) is 5.37. The van der Waals surface area contributed by atoms with E-state index < -0.39 is 6.55 Å². The summed E-state index contributed by atoms with van der Waals surface area (Å²) in [6.45, 7) is -1.44. The van der Waals surface area contributed by atoms with E-state index in [-0.39, 0.29) is 6.04 Å². The predicted octanol–water partition coefficient (Wildman–Crippen LogP) is 4.79. The maximum Gasteiger partial charge on any atom is 0.320 e. The van der Waals surface area contributed by atoms with Gasteiger partial charge < -0.3 is 9.47 Å². The first-order valence-electron chi connectivity index (χ1n) is 9.32. The van der Waals surface area contributed by atoms with Crippen LogP contribution in [0.4, 0.5) is 8.78 Å². The number of rotatable bonds is 6. The van der Waals surface area contributed by atoms with Crippen LogP contribution in [0.1, 0.15) is 36.8 Å². The number of hydrogen-bond acceptors (Lipinski definition) is 4. The van der Waals surface area contributed by atoms with Crippen LogP contribution in [0.2, 0.25) is 0 Å². The van der Waals surface area contributed by atoms with Crippen molar-refractivity contribution >= 4 is 11.0 Å². The monoisotopic (exact) mass is 387 g/mol. The van der Waals surface area contributed by atoms with Crippen molar-refractivity contribution in [3.8, 4) is 11.5 Å². The number of halogens is 2. The predicted molar refractivity (Wildman–Crippen MR) is 103 cm³/mol. The maximum atomic E-state index is 13.8. The minimum absolute atomic E-state index is 0.0896. The molecule has 1 fully saturated rings. The summed E-state index contributed by atoms with van der Waals surface area (Å²) >= 11 is 0. The highest BCUT2D eigenvalue weighted by Gasteiger charge is 2.30. The van der Waals surface area contributed by atoms with Crippen molar-refractivity contribution in [1.82, 2.24) is 14.5 Å². The third-order valence-corrected chi connectivity index (χ3v) is 5.37. The summed E-state index contributed by atoms with van der Waals surface area (Å²) in [4.78, 5) is 6.68. The largest absolute Gasteiger partial charge is 0.497 e. The zero-order chi connectivity index (χ0) is 19.7. The van der Waals surface area contributed by atoms with Crippen LogP contribution in [-0.4, -0.2) is 35.2 Å². The fourth-order valence-electron chi connectivity index (χ4n) is 4.07. The van der Waals surface area contributed by atoms with Gasteiger partial charge in [0.15, 0.2) is 0 Å². The summed E-state index contributed by atoms with van der Waals surface area (Å²) < 4.78 is 39.4. The molecular weight excluding hydrogens is 364 g/mol. The molecule has 0 amide bonds. The molecule has 1 aliphatic heterocycles. The van der Waals surface area contributed by atoms with Gasteiger partial charge in [-0.3, -0.25) is 9.47 Å². The molecule has 148 valence electrons. The highest BCUT2D eigenvalue weighted by atomic mass is 19.3. The Bertz CT molecular complexity index is 973. The molecule has 2 aromatic carbocycles. The lowest BCUT2D eigenvalue weighted by atomic mass is 10.0. The number of benzene rings is 2. The van der Waals surface area contributed by atoms with Crippen molar-refractivity contribution in [2.24, 2.45) is 0 Å². The molecule has 1 atom stereocenters. The van der Waals surface area contributed by atoms with Gasteiger partial charge in [-0.25, -0.2) is 4.98 Å². The van der Waals surface area contributed by atoms with Crippen LogP contribution in [0.5, 0.6) is 11.5 Å². The summed E-state index contributed by atoms with van der Waals surface area (Å²) in [7, 11) is 3.25. The minimum atomic E-state index is -2.63. The SMILES string of the molecule is COc1ccc(C2CCCN2Cc2nc3ccccc3n2C(F)F)c(OC)c1. The molecule has 0 radical (unpaired) electrons. The second kappa shape index (κ2) is 7.75. The molecule has 28 heavy (non-hydrogen) atoms. The molecule has 5 nitrogen and oxygen atoms in total. The number of para-hydroxylation sites is 2. The molecule has 3 aromatic rings. The second-order valence-corrected chi connectivity index (χ2v) is 6.90. The summed E-state index contributed by atoms with van der Waals surface area (Å²) in [5.74, 6) is 1.86. The van der Waals surface area contributed by atoms with E-state index in [2.05, 4.69) is 9.88 Å². The zero-order valence-corrected chi connectivity index (χ0v) is 15.9. The van der Waals surface area contributed by atoms with Crippen LogP contribution < -0.4 is 9.47 Å². The quantitative estimate of drug-likeness (QED) is 0.610. The third kappa shape index (κ3) is 3.30. The molecule has 0 saturated carbocycles. The highest BCUT2D eigenvalue weighted by molar-refractivity contribution is 5.76. The first-order chi connectivity index (χ1) is 13.6. The highest BCUT2D eigenvalue weighted by Crippen LogP contribution is 2.39. The number of fused-ring (bicyclic) bond motifs is 1. The van der Waals surface area contributed by atoms with Crippen LogP contribution >= 0.6 is 0 Å². The van der Waals surface area contributed by atoms with E-state index in [0.29, 0.717) is 23.4 Å². The molecule has 0 bridgehead atoms. The van der Waals surface area contributed by atoms with Gasteiger partial charge in [0.05, 0.1) is 31.8 Å². The van der Waals surface area contributed by atoms with Crippen LogP contribution in [0.3, 0.4) is 0 Å². The summed E-state index contributed by atoms with van der Waals surface area (Å²) in [5.41, 5.74) is 2.10. The Morgan fingerprint density at radius 2 is 1.96 bits per heavy atom. The Balaban J connectivity index is 1.67. The maximum absolute atomic E-state index is 13.8. The van der Waals surface area contributed by atoms with Gasteiger partial charge in [-0.15, -0.1) is 0 Å². The van der Waals surface area contributed by atoms with Crippen LogP contribution in [0.15, 0.2) is 42.5 Å². The Kier molecular flexibility index (Phi) is 5.17. The van der Waals surface area contributed by atoms with Gasteiger partial charge in [-0.1, -0.05) is 18.2 Å². The molecule has 4 rings (SSSR count). The molecule has 1 aromatic heterocycles. The molecule has 0 spiro atoms. The van der Waals surface area contributed by atoms with Crippen molar-refractivity contribution in [3.05, 3.63) is 53.9 Å². The van der Waals surface area contributed by atoms with Gasteiger partial charge >= 0.3 is 6.55 Å². The number of aromatic nitrogens is 2. The van der Waals surface area contributed by atoms with Crippen molar-refractivity contribution in [2.75, 3.05) is 20.8 Å². The fourth-order valence-corrected chi connectivity index (χ4v) is 4.07. The van der Waals surface area contributed by atoms with E-state index in [0.717, 1.165) is 41.0 Å². The average Bonchev–Trinajstić information content (AvgIpc) is 3.31. The van der Waals surface area contributed by atoms with Crippen molar-refractivity contribution < 1.29 is 18.3 Å². The average molecular weight is 387 g/mol. The lowest BCUT2D eigenvalue weighted by Crippen LogP contribution is -2.25. The van der Waals surface area contributed by atoms with E-state index in [1.54, 1.807) is 32.4 Å². The van der Waals surface area contributed by atoms with Crippen LogP contribution in [0, 0.1) is 0 Å². The molecule has 1 aliphatic rings. The lowest BCUT2D eigenvalue weighted by Gasteiger charge is -2.26. The smallest absolute Gasteiger partial charge is 0.320 e. The Hall–Kier alpha value is -2.67. The van der Waals surface area contributed by atoms with Gasteiger partial charge in [0.2, 0.25) is 0 Å². The van der Waals surface area contributed by atoms with Gasteiger partial charge in [0.25, 0.3) is 0 Å². The number of methoxy groups -OCH3 is 2. The van der Waals surface area contributed by atoms with E-state index in [4.69, 9.17) is 9.47 Å². The summed E-state index contributed by atoms with van der Waals surface area (Å²) in [6, 6.07) is 12.9. The van der Waals surface area contributed by atoms with E-state index in [1.807, 2.05) is 24.3 Å². The van der Waals surface area contributed by atoms with Crippen molar-refractivity contribution in [2.45, 2.75) is 32.0 Å². The second-order valence-electron chi connectivity index (χ2n) is 6.90. The molecule has 1 unspecified atom stereocenters. The van der Waals surface area contributed by atoms with Gasteiger partial charge in [-0.2, -0.15) is 8.78 Å². The summed E-state index contributed by atoms with van der Waals surface area (Å²) in [6.07, 6.45) is 1.94. The number of hydrogen-bond donors (Lipinski definition) is 0. The normalized spacial score (nSPS) is 17.5. The first kappa shape index (κ1) is 18.7. The standard InChI is InChI=1S/C21H23F2N3O2/c1-27-14-9-10-15(19(12-14)28-2)17-8-5-11-25(17)13-20-24-16-6-3-4-7-18(16)26(20)21(22)23/h3-4,6-7,9-10,12,17,21H,5,8,11,13H2,1-2H3. The molecule has 0 aliphatic carbocycles. The molecule has 0 N–H and O–H groups in total. The number of nitrogens with zero attached hydrogens (tertiary/aromatic N) is 3. The fraction of sp³-hybridized carbons (Fsp3) is 0.381. The summed E-state index contributed by atoms with van der Waals surface area (Å²) in [5, 5.41) is 0. The topological polar surface area (TPSA) is 39.5 Å². The molecular formula is C21H23F2N3O2. The van der Waals surface area contributed by atoms with Gasteiger partial charge in [0.1, 0.15) is 17.3 Å². The number of ether oxygens (including phenoxy) is 2. The van der Waals surface area contributed by atoms with Crippen LogP contribution in [-0.2, 0) is 6.54 Å². The van der Waals surface area contributed by atoms with E-state index in [9.17, 15) is 8.78 Å². The Morgan fingerprint density at radius 1 is 1.14 bits per heavy atom. The van der Waals surface area contributed by atoms with Crippen molar-refractivity contribution in [1.29, 1.82) is 0 Å². The molecule has 2 heterocycles.